The van der Waals surface area contributed by atoms with Gasteiger partial charge in [0.2, 0.25) is 10.0 Å². The summed E-state index contributed by atoms with van der Waals surface area (Å²) >= 11 is 0. The summed E-state index contributed by atoms with van der Waals surface area (Å²) < 4.78 is 54.2. The van der Waals surface area contributed by atoms with Crippen LogP contribution in [0.15, 0.2) is 29.2 Å². The molecule has 0 aliphatic heterocycles. The van der Waals surface area contributed by atoms with Gasteiger partial charge >= 0.3 is 5.97 Å². The molecular formula is C14H21NO7S2. The Labute approximate surface area is 141 Å². The van der Waals surface area contributed by atoms with E-state index in [2.05, 4.69) is 4.72 Å². The second kappa shape index (κ2) is 9.00. The third-order valence-electron chi connectivity index (χ3n) is 3.10. The maximum atomic E-state index is 12.0. The molecule has 0 amide bonds. The fraction of sp³-hybridized carbons (Fsp3) is 0.500. The van der Waals surface area contributed by atoms with Gasteiger partial charge in [0.1, 0.15) is 12.4 Å². The summed E-state index contributed by atoms with van der Waals surface area (Å²) in [5.41, 5.74) is 0. The number of ether oxygens (including phenoxy) is 1. The van der Waals surface area contributed by atoms with Crippen LogP contribution < -0.4 is 9.46 Å². The molecular weight excluding hydrogens is 358 g/mol. The molecule has 0 fully saturated rings. The highest BCUT2D eigenvalue weighted by Gasteiger charge is 2.14. The van der Waals surface area contributed by atoms with Crippen LogP contribution in [-0.2, 0) is 24.7 Å². The van der Waals surface area contributed by atoms with Crippen molar-refractivity contribution in [3.05, 3.63) is 24.3 Å². The molecule has 0 bridgehead atoms. The van der Waals surface area contributed by atoms with Crippen LogP contribution in [0, 0.1) is 0 Å². The van der Waals surface area contributed by atoms with Crippen molar-refractivity contribution in [3.8, 4) is 5.75 Å². The molecule has 0 saturated carbocycles. The van der Waals surface area contributed by atoms with Crippen LogP contribution >= 0.6 is 0 Å². The average Bonchev–Trinajstić information content (AvgIpc) is 2.52. The number of rotatable bonds is 11. The summed E-state index contributed by atoms with van der Waals surface area (Å²) in [4.78, 5) is 10.4. The Morgan fingerprint density at radius 1 is 1.17 bits per heavy atom. The third-order valence-corrected chi connectivity index (χ3v) is 6.24. The number of sulfonamides is 1. The van der Waals surface area contributed by atoms with Crippen LogP contribution in [-0.4, -0.2) is 52.6 Å². The summed E-state index contributed by atoms with van der Waals surface area (Å²) in [7, 11) is -6.83. The van der Waals surface area contributed by atoms with Crippen molar-refractivity contribution in [2.75, 3.05) is 24.7 Å². The van der Waals surface area contributed by atoms with Gasteiger partial charge in [-0.3, -0.25) is 4.79 Å². The van der Waals surface area contributed by atoms with Crippen molar-refractivity contribution in [1.29, 1.82) is 0 Å². The molecule has 1 aromatic carbocycles. The van der Waals surface area contributed by atoms with E-state index in [9.17, 15) is 21.6 Å². The highest BCUT2D eigenvalue weighted by Crippen LogP contribution is 2.16. The van der Waals surface area contributed by atoms with E-state index in [0.717, 1.165) is 0 Å². The standard InChI is InChI=1S/C14H21NO7S2/c1-2-23(18,19)11-10-22-12-5-7-13(8-6-12)24(20,21)15-9-3-4-14(16)17/h5-8,15H,2-4,9-11H2,1H3,(H,16,17). The molecule has 0 aromatic heterocycles. The van der Waals surface area contributed by atoms with Crippen LogP contribution in [0.4, 0.5) is 0 Å². The van der Waals surface area contributed by atoms with Gasteiger partial charge in [-0.05, 0) is 30.7 Å². The van der Waals surface area contributed by atoms with Crippen LogP contribution in [0.5, 0.6) is 5.75 Å². The van der Waals surface area contributed by atoms with Crippen molar-refractivity contribution >= 4 is 25.8 Å². The molecule has 0 unspecified atom stereocenters. The van der Waals surface area contributed by atoms with Gasteiger partial charge < -0.3 is 9.84 Å². The number of hydrogen-bond acceptors (Lipinski definition) is 6. The number of carbonyl (C=O) groups is 1. The first-order valence-corrected chi connectivity index (χ1v) is 10.6. The van der Waals surface area contributed by atoms with Crippen molar-refractivity contribution in [2.24, 2.45) is 0 Å². The first kappa shape index (κ1) is 20.4. The molecule has 10 heteroatoms. The Hall–Kier alpha value is -1.65. The molecule has 2 N–H and O–H groups in total. The predicted octanol–water partition coefficient (Wildman–Crippen LogP) is 0.643. The Morgan fingerprint density at radius 2 is 1.79 bits per heavy atom. The van der Waals surface area contributed by atoms with Gasteiger partial charge in [0.05, 0.1) is 10.6 Å². The van der Waals surface area contributed by atoms with Crippen molar-refractivity contribution in [2.45, 2.75) is 24.7 Å². The second-order valence-electron chi connectivity index (χ2n) is 4.95. The number of aliphatic carboxylic acids is 1. The lowest BCUT2D eigenvalue weighted by Gasteiger charge is -2.09. The second-order valence-corrected chi connectivity index (χ2v) is 9.19. The van der Waals surface area contributed by atoms with E-state index < -0.39 is 25.8 Å². The van der Waals surface area contributed by atoms with Gasteiger partial charge in [-0.1, -0.05) is 6.92 Å². The molecule has 0 saturated heterocycles. The molecule has 8 nitrogen and oxygen atoms in total. The van der Waals surface area contributed by atoms with E-state index >= 15 is 0 Å². The fourth-order valence-corrected chi connectivity index (χ4v) is 3.38. The zero-order valence-corrected chi connectivity index (χ0v) is 14.9. The largest absolute Gasteiger partial charge is 0.493 e. The summed E-state index contributed by atoms with van der Waals surface area (Å²) in [6.45, 7) is 1.58. The molecule has 0 atom stereocenters. The molecule has 0 heterocycles. The van der Waals surface area contributed by atoms with E-state index in [1.165, 1.54) is 24.3 Å². The zero-order chi connectivity index (χ0) is 18.2. The summed E-state index contributed by atoms with van der Waals surface area (Å²) in [6.07, 6.45) is 0.0810. The molecule has 136 valence electrons. The zero-order valence-electron chi connectivity index (χ0n) is 13.3. The van der Waals surface area contributed by atoms with Gasteiger partial charge in [0.25, 0.3) is 0 Å². The van der Waals surface area contributed by atoms with Crippen LogP contribution in [0.25, 0.3) is 0 Å². The SMILES string of the molecule is CCS(=O)(=O)CCOc1ccc(S(=O)(=O)NCCCC(=O)O)cc1. The number of nitrogens with one attached hydrogen (secondary N) is 1. The van der Waals surface area contributed by atoms with E-state index in [0.29, 0.717) is 5.75 Å². The predicted molar refractivity (Wildman–Crippen MR) is 88.3 cm³/mol. The number of hydrogen-bond donors (Lipinski definition) is 2. The molecule has 0 spiro atoms. The highest BCUT2D eigenvalue weighted by atomic mass is 32.2. The first-order valence-electron chi connectivity index (χ1n) is 7.31. The van der Waals surface area contributed by atoms with Crippen LogP contribution in [0.2, 0.25) is 0 Å². The molecule has 0 aliphatic rings. The lowest BCUT2D eigenvalue weighted by molar-refractivity contribution is -0.137. The quantitative estimate of drug-likeness (QED) is 0.540. The molecule has 0 aliphatic carbocycles. The minimum atomic E-state index is -3.72. The van der Waals surface area contributed by atoms with E-state index in [1.54, 1.807) is 6.92 Å². The Kier molecular flexibility index (Phi) is 7.64. The van der Waals surface area contributed by atoms with Gasteiger partial charge in [-0.15, -0.1) is 0 Å². The van der Waals surface area contributed by atoms with Crippen molar-refractivity contribution in [3.63, 3.8) is 0 Å². The Bertz CT molecular complexity index is 740. The number of sulfone groups is 1. The molecule has 1 rings (SSSR count). The van der Waals surface area contributed by atoms with Crippen molar-refractivity contribution < 1.29 is 31.5 Å². The number of carboxylic acids is 1. The monoisotopic (exact) mass is 379 g/mol. The molecule has 1 aromatic rings. The smallest absolute Gasteiger partial charge is 0.303 e. The lowest BCUT2D eigenvalue weighted by atomic mass is 10.3. The van der Waals surface area contributed by atoms with Gasteiger partial charge in [-0.25, -0.2) is 21.6 Å². The first-order chi connectivity index (χ1) is 11.2. The Morgan fingerprint density at radius 3 is 2.33 bits per heavy atom. The summed E-state index contributed by atoms with van der Waals surface area (Å²) in [5.74, 6) is -0.678. The summed E-state index contributed by atoms with van der Waals surface area (Å²) in [6, 6.07) is 5.54. The van der Waals surface area contributed by atoms with E-state index in [-0.39, 0.29) is 42.4 Å². The van der Waals surface area contributed by atoms with Gasteiger partial charge in [0.15, 0.2) is 9.84 Å². The summed E-state index contributed by atoms with van der Waals surface area (Å²) in [5, 5.41) is 8.50. The van der Waals surface area contributed by atoms with Crippen molar-refractivity contribution in [1.82, 2.24) is 4.72 Å². The fourth-order valence-electron chi connectivity index (χ4n) is 1.68. The van der Waals surface area contributed by atoms with Gasteiger partial charge in [-0.2, -0.15) is 0 Å². The normalized spacial score (nSPS) is 12.0. The maximum absolute atomic E-state index is 12.0. The molecule has 24 heavy (non-hydrogen) atoms. The number of benzene rings is 1. The Balaban J connectivity index is 2.55. The average molecular weight is 379 g/mol. The van der Waals surface area contributed by atoms with Gasteiger partial charge in [0, 0.05) is 18.7 Å². The van der Waals surface area contributed by atoms with E-state index in [1.807, 2.05) is 0 Å². The van der Waals surface area contributed by atoms with E-state index in [4.69, 9.17) is 9.84 Å². The molecule has 0 radical (unpaired) electrons. The maximum Gasteiger partial charge on any atom is 0.303 e. The lowest BCUT2D eigenvalue weighted by Crippen LogP contribution is -2.25. The topological polar surface area (TPSA) is 127 Å². The number of carboxylic acid groups (broad SMARTS) is 1. The minimum absolute atomic E-state index is 0.00426. The minimum Gasteiger partial charge on any atom is -0.493 e. The highest BCUT2D eigenvalue weighted by molar-refractivity contribution is 7.91. The third kappa shape index (κ3) is 7.28. The van der Waals surface area contributed by atoms with Crippen LogP contribution in [0.1, 0.15) is 19.8 Å². The van der Waals surface area contributed by atoms with Crippen LogP contribution in [0.3, 0.4) is 0 Å².